The largest absolute Gasteiger partial charge is 0.378 e. The Morgan fingerprint density at radius 1 is 1.60 bits per heavy atom. The van der Waals surface area contributed by atoms with Crippen LogP contribution in [-0.2, 0) is 17.1 Å². The summed E-state index contributed by atoms with van der Waals surface area (Å²) in [6.45, 7) is 4.88. The van der Waals surface area contributed by atoms with Gasteiger partial charge in [0.2, 0.25) is 0 Å². The molecule has 1 aromatic heterocycles. The minimum Gasteiger partial charge on any atom is -0.378 e. The third-order valence-electron chi connectivity index (χ3n) is 1.70. The van der Waals surface area contributed by atoms with E-state index in [-0.39, 0.29) is 0 Å². The van der Waals surface area contributed by atoms with E-state index in [2.05, 4.69) is 23.8 Å². The van der Waals surface area contributed by atoms with Crippen molar-refractivity contribution in [3.05, 3.63) is 22.2 Å². The summed E-state index contributed by atoms with van der Waals surface area (Å²) < 4.78 is 5.68. The van der Waals surface area contributed by atoms with Gasteiger partial charge in [0.15, 0.2) is 0 Å². The van der Waals surface area contributed by atoms with Crippen LogP contribution in [0.25, 0.3) is 0 Å². The van der Waals surface area contributed by atoms with E-state index in [0.717, 1.165) is 17.3 Å². The maximum absolute atomic E-state index is 5.09. The summed E-state index contributed by atoms with van der Waals surface area (Å²) in [5.74, 6) is 1.78. The Morgan fingerprint density at radius 2 is 2.33 bits per heavy atom. The van der Waals surface area contributed by atoms with Crippen molar-refractivity contribution < 1.29 is 4.74 Å². The fraction of sp³-hybridized carbons (Fsp3) is 0.600. The van der Waals surface area contributed by atoms with Crippen LogP contribution < -0.4 is 0 Å². The number of aromatic nitrogens is 2. The van der Waals surface area contributed by atoms with Gasteiger partial charge in [-0.3, -0.25) is 0 Å². The lowest BCUT2D eigenvalue weighted by atomic mass is 10.4. The molecule has 5 heteroatoms. The molecular formula is C10H16N2OS2. The molecule has 84 valence electrons. The maximum Gasteiger partial charge on any atom is 0.130 e. The van der Waals surface area contributed by atoms with Crippen LogP contribution >= 0.6 is 24.0 Å². The van der Waals surface area contributed by atoms with Gasteiger partial charge in [0, 0.05) is 12.8 Å². The van der Waals surface area contributed by atoms with E-state index in [1.54, 1.807) is 7.11 Å². The topological polar surface area (TPSA) is 37.9 Å². The van der Waals surface area contributed by atoms with Gasteiger partial charge >= 0.3 is 0 Å². The van der Waals surface area contributed by atoms with Gasteiger partial charge in [-0.05, 0) is 11.3 Å². The molecule has 0 amide bonds. The number of hydrogen-bond donors (Lipinski definition) is 1. The SMILES string of the molecule is COCc1cc(=S)nc(CSC(C)C)[nH]1. The van der Waals surface area contributed by atoms with E-state index < -0.39 is 0 Å². The Kier molecular flexibility index (Phi) is 5.28. The number of thioether (sulfide) groups is 1. The Bertz CT molecular complexity index is 363. The van der Waals surface area contributed by atoms with Crippen molar-refractivity contribution in [3.8, 4) is 0 Å². The van der Waals surface area contributed by atoms with Crippen molar-refractivity contribution in [2.75, 3.05) is 7.11 Å². The van der Waals surface area contributed by atoms with Crippen molar-refractivity contribution >= 4 is 24.0 Å². The van der Waals surface area contributed by atoms with Crippen molar-refractivity contribution in [1.29, 1.82) is 0 Å². The molecule has 1 N–H and O–H groups in total. The molecule has 0 radical (unpaired) electrons. The van der Waals surface area contributed by atoms with E-state index in [1.165, 1.54) is 0 Å². The monoisotopic (exact) mass is 244 g/mol. The summed E-state index contributed by atoms with van der Waals surface area (Å²) in [4.78, 5) is 7.49. The molecule has 0 aromatic carbocycles. The normalized spacial score (nSPS) is 10.9. The molecule has 0 unspecified atom stereocenters. The predicted octanol–water partition coefficient (Wildman–Crippen LogP) is 2.93. The van der Waals surface area contributed by atoms with Gasteiger partial charge in [-0.1, -0.05) is 26.1 Å². The first-order chi connectivity index (χ1) is 7.11. The number of nitrogens with zero attached hydrogens (tertiary/aromatic N) is 1. The second kappa shape index (κ2) is 6.25. The van der Waals surface area contributed by atoms with E-state index >= 15 is 0 Å². The first kappa shape index (κ1) is 12.7. The van der Waals surface area contributed by atoms with Crippen LogP contribution in [0.4, 0.5) is 0 Å². The van der Waals surface area contributed by atoms with Gasteiger partial charge in [0.1, 0.15) is 10.5 Å². The highest BCUT2D eigenvalue weighted by molar-refractivity contribution is 7.99. The van der Waals surface area contributed by atoms with Gasteiger partial charge in [-0.15, -0.1) is 0 Å². The molecule has 0 atom stereocenters. The molecule has 0 spiro atoms. The zero-order valence-corrected chi connectivity index (χ0v) is 10.9. The molecule has 15 heavy (non-hydrogen) atoms. The summed E-state index contributed by atoms with van der Waals surface area (Å²) >= 11 is 6.92. The number of nitrogens with one attached hydrogen (secondary N) is 1. The minimum atomic E-state index is 0.547. The molecule has 0 fully saturated rings. The molecular weight excluding hydrogens is 228 g/mol. The van der Waals surface area contributed by atoms with Gasteiger partial charge in [0.05, 0.1) is 12.4 Å². The van der Waals surface area contributed by atoms with Crippen LogP contribution in [0.15, 0.2) is 6.07 Å². The van der Waals surface area contributed by atoms with Crippen LogP contribution in [-0.4, -0.2) is 22.3 Å². The van der Waals surface area contributed by atoms with Gasteiger partial charge in [-0.2, -0.15) is 11.8 Å². The lowest BCUT2D eigenvalue weighted by molar-refractivity contribution is 0.181. The van der Waals surface area contributed by atoms with Gasteiger partial charge in [-0.25, -0.2) is 4.98 Å². The average Bonchev–Trinajstić information content (AvgIpc) is 2.14. The summed E-state index contributed by atoms with van der Waals surface area (Å²) in [7, 11) is 1.67. The van der Waals surface area contributed by atoms with Crippen LogP contribution in [0, 0.1) is 4.64 Å². The van der Waals surface area contributed by atoms with Crippen LogP contribution in [0.1, 0.15) is 25.4 Å². The smallest absolute Gasteiger partial charge is 0.130 e. The van der Waals surface area contributed by atoms with Gasteiger partial charge < -0.3 is 9.72 Å². The Balaban J connectivity index is 2.75. The predicted molar refractivity (Wildman–Crippen MR) is 66.6 cm³/mol. The third-order valence-corrected chi connectivity index (χ3v) is 3.02. The second-order valence-electron chi connectivity index (χ2n) is 3.48. The first-order valence-electron chi connectivity index (χ1n) is 4.81. The number of methoxy groups -OCH3 is 1. The fourth-order valence-electron chi connectivity index (χ4n) is 1.11. The zero-order valence-electron chi connectivity index (χ0n) is 9.24. The number of rotatable bonds is 5. The van der Waals surface area contributed by atoms with Crippen molar-refractivity contribution in [1.82, 2.24) is 9.97 Å². The molecule has 0 aliphatic carbocycles. The molecule has 1 heterocycles. The fourth-order valence-corrected chi connectivity index (χ4v) is 1.99. The molecule has 3 nitrogen and oxygen atoms in total. The molecule has 0 bridgehead atoms. The summed E-state index contributed by atoms with van der Waals surface area (Å²) in [5.41, 5.74) is 0.983. The van der Waals surface area contributed by atoms with E-state index in [0.29, 0.717) is 16.5 Å². The minimum absolute atomic E-state index is 0.547. The molecule has 1 rings (SSSR count). The highest BCUT2D eigenvalue weighted by Gasteiger charge is 2.01. The second-order valence-corrected chi connectivity index (χ2v) is 5.47. The van der Waals surface area contributed by atoms with Crippen LogP contribution in [0.3, 0.4) is 0 Å². The van der Waals surface area contributed by atoms with Crippen molar-refractivity contribution in [2.45, 2.75) is 31.5 Å². The number of ether oxygens (including phenoxy) is 1. The highest BCUT2D eigenvalue weighted by atomic mass is 32.2. The Hall–Kier alpha value is -0.390. The van der Waals surface area contributed by atoms with E-state index in [4.69, 9.17) is 17.0 Å². The molecule has 0 aliphatic heterocycles. The summed E-state index contributed by atoms with van der Waals surface area (Å²) in [6.07, 6.45) is 0. The quantitative estimate of drug-likeness (QED) is 0.808. The Morgan fingerprint density at radius 3 is 2.93 bits per heavy atom. The number of hydrogen-bond acceptors (Lipinski definition) is 4. The Labute approximate surface area is 99.7 Å². The standard InChI is InChI=1S/C10H16N2OS2/c1-7(2)15-6-9-11-8(5-13-3)4-10(14)12-9/h4,7H,5-6H2,1-3H3,(H,11,12,14). The summed E-state index contributed by atoms with van der Waals surface area (Å²) in [6, 6.07) is 1.84. The molecule has 0 saturated heterocycles. The van der Waals surface area contributed by atoms with E-state index in [9.17, 15) is 0 Å². The molecule has 0 saturated carbocycles. The van der Waals surface area contributed by atoms with Crippen molar-refractivity contribution in [2.24, 2.45) is 0 Å². The van der Waals surface area contributed by atoms with Crippen LogP contribution in [0.5, 0.6) is 0 Å². The maximum atomic E-state index is 5.09. The lowest BCUT2D eigenvalue weighted by Gasteiger charge is -2.06. The van der Waals surface area contributed by atoms with E-state index in [1.807, 2.05) is 17.8 Å². The van der Waals surface area contributed by atoms with Gasteiger partial charge in [0.25, 0.3) is 0 Å². The molecule has 0 aliphatic rings. The highest BCUT2D eigenvalue weighted by Crippen LogP contribution is 2.14. The first-order valence-corrected chi connectivity index (χ1v) is 6.27. The lowest BCUT2D eigenvalue weighted by Crippen LogP contribution is -2.01. The third kappa shape index (κ3) is 4.77. The van der Waals surface area contributed by atoms with Crippen LogP contribution in [0.2, 0.25) is 0 Å². The number of aromatic amines is 1. The average molecular weight is 244 g/mol. The number of H-pyrrole nitrogens is 1. The van der Waals surface area contributed by atoms with Crippen molar-refractivity contribution in [3.63, 3.8) is 0 Å². The molecule has 1 aromatic rings. The zero-order chi connectivity index (χ0) is 11.3. The summed E-state index contributed by atoms with van der Waals surface area (Å²) in [5, 5.41) is 0.597.